The zero-order valence-electron chi connectivity index (χ0n) is 27.5. The van der Waals surface area contributed by atoms with Gasteiger partial charge in [-0.2, -0.15) is 0 Å². The Morgan fingerprint density at radius 1 is 0.560 bits per heavy atom. The second-order valence-electron chi connectivity index (χ2n) is 11.9. The zero-order valence-corrected chi connectivity index (χ0v) is 29.2. The van der Waals surface area contributed by atoms with Crippen molar-refractivity contribution < 1.29 is 28.7 Å². The molecule has 0 spiro atoms. The van der Waals surface area contributed by atoms with Gasteiger partial charge in [-0.25, -0.2) is 9.59 Å². The summed E-state index contributed by atoms with van der Waals surface area (Å²) in [5.74, 6) is -1.16. The summed E-state index contributed by atoms with van der Waals surface area (Å²) in [6.45, 7) is 0. The highest BCUT2D eigenvalue weighted by Crippen LogP contribution is 2.29. The topological polar surface area (TPSA) is 111 Å². The van der Waals surface area contributed by atoms with Gasteiger partial charge in [0.25, 0.3) is 11.8 Å². The van der Waals surface area contributed by atoms with Crippen LogP contribution in [-0.4, -0.2) is 61.6 Å². The van der Waals surface area contributed by atoms with Crippen LogP contribution in [0, 0.1) is 0 Å². The van der Waals surface area contributed by atoms with Crippen molar-refractivity contribution >= 4 is 66.9 Å². The smallest absolute Gasteiger partial charge is 0.329 e. The highest BCUT2D eigenvalue weighted by atomic mass is 33.1. The summed E-state index contributed by atoms with van der Waals surface area (Å²) in [4.78, 5) is 51.6. The Kier molecular flexibility index (Phi) is 11.2. The van der Waals surface area contributed by atoms with E-state index in [1.54, 1.807) is 24.3 Å². The first-order valence-corrected chi connectivity index (χ1v) is 18.6. The Balaban J connectivity index is 1.04. The van der Waals surface area contributed by atoms with Gasteiger partial charge in [-0.05, 0) is 56.9 Å². The van der Waals surface area contributed by atoms with Crippen molar-refractivity contribution in [1.82, 2.24) is 10.6 Å². The number of ether oxygens (including phenoxy) is 2. The van der Waals surface area contributed by atoms with Gasteiger partial charge >= 0.3 is 11.9 Å². The number of allylic oxidation sites excluding steroid dienone is 8. The van der Waals surface area contributed by atoms with E-state index in [2.05, 4.69) is 47.1 Å². The van der Waals surface area contributed by atoms with E-state index >= 15 is 0 Å². The summed E-state index contributed by atoms with van der Waals surface area (Å²) >= 11 is 0. The maximum atomic E-state index is 13.2. The number of amides is 2. The van der Waals surface area contributed by atoms with E-state index in [1.165, 1.54) is 46.9 Å². The molecule has 2 aliphatic rings. The lowest BCUT2D eigenvalue weighted by Crippen LogP contribution is -2.44. The second-order valence-corrected chi connectivity index (χ2v) is 14.5. The molecule has 2 atom stereocenters. The number of carbonyl (C=O) groups excluding carboxylic acids is 4. The molecule has 0 saturated carbocycles. The number of benzene rings is 4. The minimum Gasteiger partial charge on any atom is -0.467 e. The average molecular weight is 705 g/mol. The van der Waals surface area contributed by atoms with Crippen LogP contribution in [0.3, 0.4) is 0 Å². The predicted octanol–water partition coefficient (Wildman–Crippen LogP) is 7.04. The molecule has 2 aliphatic carbocycles. The molecule has 0 unspecified atom stereocenters. The minimum absolute atomic E-state index is 0.170. The normalized spacial score (nSPS) is 15.0. The molecule has 50 heavy (non-hydrogen) atoms. The Bertz CT molecular complexity index is 1900. The van der Waals surface area contributed by atoms with Crippen LogP contribution in [0.25, 0.3) is 21.5 Å². The molecule has 0 radical (unpaired) electrons. The zero-order chi connectivity index (χ0) is 35.0. The standard InChI is InChI=1S/C40H36N2O6S2/c1-47-39(45)35(41-37(43)33-17-15-29-19-27(11-13-31(29)21-33)25-7-3-4-8-25)23-49-50-24-36(40(46)48-2)42-38(44)34-18-16-30-20-28(12-14-32(30)22-34)26-9-5-6-10-26/h3-22,25-26,35-36H,23-24H2,1-2H3,(H,41,43)(H,42,44)/t35-,36-/m1/s1. The maximum Gasteiger partial charge on any atom is 0.329 e. The van der Waals surface area contributed by atoms with Crippen molar-refractivity contribution in [3.8, 4) is 0 Å². The lowest BCUT2D eigenvalue weighted by atomic mass is 9.96. The van der Waals surface area contributed by atoms with E-state index in [1.807, 2.05) is 60.7 Å². The number of hydrogen-bond acceptors (Lipinski definition) is 8. The van der Waals surface area contributed by atoms with Gasteiger partial charge in [-0.3, -0.25) is 9.59 Å². The third-order valence-corrected chi connectivity index (χ3v) is 11.1. The van der Waals surface area contributed by atoms with Crippen LogP contribution < -0.4 is 10.6 Å². The van der Waals surface area contributed by atoms with E-state index in [4.69, 9.17) is 9.47 Å². The Hall–Kier alpha value is -5.06. The summed E-state index contributed by atoms with van der Waals surface area (Å²) in [6.07, 6.45) is 16.6. The predicted molar refractivity (Wildman–Crippen MR) is 201 cm³/mol. The molecule has 2 amide bonds. The highest BCUT2D eigenvalue weighted by molar-refractivity contribution is 8.76. The molecule has 4 aromatic rings. The van der Waals surface area contributed by atoms with E-state index < -0.39 is 35.8 Å². The van der Waals surface area contributed by atoms with Gasteiger partial charge < -0.3 is 20.1 Å². The first-order chi connectivity index (χ1) is 24.3. The van der Waals surface area contributed by atoms with E-state index in [0.717, 1.165) is 21.5 Å². The summed E-state index contributed by atoms with van der Waals surface area (Å²) in [7, 11) is 5.07. The average Bonchev–Trinajstić information content (AvgIpc) is 3.90. The van der Waals surface area contributed by atoms with Gasteiger partial charge in [-0.1, -0.05) is 119 Å². The number of fused-ring (bicyclic) bond motifs is 2. The van der Waals surface area contributed by atoms with Gasteiger partial charge in [0.1, 0.15) is 12.1 Å². The maximum absolute atomic E-state index is 13.2. The fourth-order valence-electron chi connectivity index (χ4n) is 5.87. The molecule has 8 nitrogen and oxygen atoms in total. The van der Waals surface area contributed by atoms with Crippen molar-refractivity contribution in [2.45, 2.75) is 23.9 Å². The summed E-state index contributed by atoms with van der Waals surface area (Å²) in [5, 5.41) is 9.42. The quantitative estimate of drug-likeness (QED) is 0.0867. The minimum atomic E-state index is -0.936. The molecule has 4 aromatic carbocycles. The molecule has 6 rings (SSSR count). The molecule has 254 valence electrons. The second kappa shape index (κ2) is 16.1. The summed E-state index contributed by atoms with van der Waals surface area (Å²) in [5.41, 5.74) is 3.18. The number of hydrogen-bond donors (Lipinski definition) is 2. The Morgan fingerprint density at radius 2 is 0.920 bits per heavy atom. The fraction of sp³-hybridized carbons (Fsp3) is 0.200. The van der Waals surface area contributed by atoms with Crippen molar-refractivity contribution in [1.29, 1.82) is 0 Å². The largest absolute Gasteiger partial charge is 0.467 e. The lowest BCUT2D eigenvalue weighted by Gasteiger charge is -2.18. The Morgan fingerprint density at radius 3 is 1.30 bits per heavy atom. The van der Waals surface area contributed by atoms with Gasteiger partial charge in [-0.15, -0.1) is 0 Å². The fourth-order valence-corrected chi connectivity index (χ4v) is 8.17. The first kappa shape index (κ1) is 34.8. The van der Waals surface area contributed by atoms with Crippen molar-refractivity contribution in [2.75, 3.05) is 25.7 Å². The van der Waals surface area contributed by atoms with E-state index in [9.17, 15) is 19.2 Å². The number of nitrogens with one attached hydrogen (secondary N) is 2. The molecule has 0 aliphatic heterocycles. The van der Waals surface area contributed by atoms with Crippen molar-refractivity contribution in [3.05, 3.63) is 144 Å². The van der Waals surface area contributed by atoms with Crippen LogP contribution in [0.5, 0.6) is 0 Å². The van der Waals surface area contributed by atoms with Gasteiger partial charge in [0, 0.05) is 34.5 Å². The highest BCUT2D eigenvalue weighted by Gasteiger charge is 2.26. The molecule has 10 heteroatoms. The molecule has 0 saturated heterocycles. The van der Waals surface area contributed by atoms with Crippen LogP contribution in [-0.2, 0) is 19.1 Å². The van der Waals surface area contributed by atoms with Crippen molar-refractivity contribution in [3.63, 3.8) is 0 Å². The molecule has 0 bridgehead atoms. The van der Waals surface area contributed by atoms with E-state index in [0.29, 0.717) is 11.1 Å². The molecule has 0 aromatic heterocycles. The first-order valence-electron chi connectivity index (χ1n) is 16.1. The van der Waals surface area contributed by atoms with Crippen LogP contribution in [0.1, 0.15) is 43.7 Å². The summed E-state index contributed by atoms with van der Waals surface area (Å²) < 4.78 is 9.91. The van der Waals surface area contributed by atoms with Gasteiger partial charge in [0.15, 0.2) is 0 Å². The van der Waals surface area contributed by atoms with Crippen LogP contribution in [0.15, 0.2) is 121 Å². The van der Waals surface area contributed by atoms with Gasteiger partial charge in [0.05, 0.1) is 14.2 Å². The molecule has 0 fully saturated rings. The van der Waals surface area contributed by atoms with Crippen molar-refractivity contribution in [2.24, 2.45) is 0 Å². The number of esters is 2. The molecular formula is C40H36N2O6S2. The Labute approximate surface area is 298 Å². The van der Waals surface area contributed by atoms with Crippen LogP contribution in [0.2, 0.25) is 0 Å². The monoisotopic (exact) mass is 704 g/mol. The third kappa shape index (κ3) is 8.21. The number of rotatable bonds is 13. The summed E-state index contributed by atoms with van der Waals surface area (Å²) in [6, 6.07) is 21.3. The SMILES string of the molecule is COC(=O)[C@@H](CSSC[C@@H](NC(=O)c1ccc2cc(C3C=CC=C3)ccc2c1)C(=O)OC)NC(=O)c1ccc2cc(C3C=CC=C3)ccc2c1. The molecule has 2 N–H and O–H groups in total. The number of carbonyl (C=O) groups is 4. The molecule has 0 heterocycles. The number of methoxy groups -OCH3 is 2. The van der Waals surface area contributed by atoms with Crippen LogP contribution >= 0.6 is 21.6 Å². The third-order valence-electron chi connectivity index (χ3n) is 8.65. The van der Waals surface area contributed by atoms with Crippen LogP contribution in [0.4, 0.5) is 0 Å². The lowest BCUT2D eigenvalue weighted by molar-refractivity contribution is -0.143. The van der Waals surface area contributed by atoms with Gasteiger partial charge in [0.2, 0.25) is 0 Å². The van der Waals surface area contributed by atoms with E-state index in [-0.39, 0.29) is 23.3 Å². The molecular weight excluding hydrogens is 669 g/mol.